The summed E-state index contributed by atoms with van der Waals surface area (Å²) in [7, 11) is 1.77. The van der Waals surface area contributed by atoms with Crippen molar-refractivity contribution < 1.29 is 18.7 Å². The van der Waals surface area contributed by atoms with Crippen molar-refractivity contribution in [3.8, 4) is 5.75 Å². The third-order valence-corrected chi connectivity index (χ3v) is 4.10. The molecule has 1 aromatic heterocycles. The standard InChI is InChI=1S/C19H23NO4/c1-14-5-8-17(24-14)12-20(2)19(21)15-6-9-16(10-7-15)23-13-18-4-3-11-22-18/h5-10,18H,3-4,11-13H2,1-2H3. The summed E-state index contributed by atoms with van der Waals surface area (Å²) in [5.41, 5.74) is 0.630. The summed E-state index contributed by atoms with van der Waals surface area (Å²) in [6, 6.07) is 11.0. The van der Waals surface area contributed by atoms with Crippen LogP contribution in [-0.2, 0) is 11.3 Å². The minimum atomic E-state index is -0.0465. The molecule has 1 saturated heterocycles. The average Bonchev–Trinajstić information content (AvgIpc) is 3.24. The monoisotopic (exact) mass is 329 g/mol. The molecule has 0 bridgehead atoms. The molecule has 5 heteroatoms. The van der Waals surface area contributed by atoms with E-state index in [1.807, 2.05) is 31.2 Å². The van der Waals surface area contributed by atoms with Crippen molar-refractivity contribution in [3.63, 3.8) is 0 Å². The molecule has 0 saturated carbocycles. The summed E-state index contributed by atoms with van der Waals surface area (Å²) in [5, 5.41) is 0. The van der Waals surface area contributed by atoms with E-state index in [0.717, 1.165) is 36.7 Å². The number of aryl methyl sites for hydroxylation is 1. The van der Waals surface area contributed by atoms with Crippen LogP contribution in [0.4, 0.5) is 0 Å². The highest BCUT2D eigenvalue weighted by Gasteiger charge is 2.17. The Morgan fingerprint density at radius 3 is 2.67 bits per heavy atom. The largest absolute Gasteiger partial charge is 0.491 e. The summed E-state index contributed by atoms with van der Waals surface area (Å²) in [6.45, 7) is 3.72. The van der Waals surface area contributed by atoms with Crippen LogP contribution in [0.2, 0.25) is 0 Å². The Morgan fingerprint density at radius 2 is 2.04 bits per heavy atom. The fourth-order valence-electron chi connectivity index (χ4n) is 2.75. The first kappa shape index (κ1) is 16.6. The highest BCUT2D eigenvalue weighted by Crippen LogP contribution is 2.18. The fraction of sp³-hybridized carbons (Fsp3) is 0.421. The zero-order valence-electron chi connectivity index (χ0n) is 14.2. The van der Waals surface area contributed by atoms with E-state index < -0.39 is 0 Å². The van der Waals surface area contributed by atoms with Gasteiger partial charge in [-0.1, -0.05) is 0 Å². The number of amides is 1. The third-order valence-electron chi connectivity index (χ3n) is 4.10. The van der Waals surface area contributed by atoms with Gasteiger partial charge in [0.25, 0.3) is 5.91 Å². The number of nitrogens with zero attached hydrogens (tertiary/aromatic N) is 1. The molecule has 128 valence electrons. The minimum absolute atomic E-state index is 0.0465. The molecule has 1 fully saturated rings. The molecule has 0 spiro atoms. The van der Waals surface area contributed by atoms with Crippen LogP contribution in [0, 0.1) is 6.92 Å². The van der Waals surface area contributed by atoms with Gasteiger partial charge in [0.15, 0.2) is 0 Å². The van der Waals surface area contributed by atoms with Gasteiger partial charge in [0.1, 0.15) is 23.9 Å². The van der Waals surface area contributed by atoms with Gasteiger partial charge in [0.05, 0.1) is 12.6 Å². The van der Waals surface area contributed by atoms with Crippen molar-refractivity contribution in [2.24, 2.45) is 0 Å². The number of carbonyl (C=O) groups is 1. The van der Waals surface area contributed by atoms with E-state index in [4.69, 9.17) is 13.9 Å². The van der Waals surface area contributed by atoms with Crippen molar-refractivity contribution >= 4 is 5.91 Å². The fourth-order valence-corrected chi connectivity index (χ4v) is 2.75. The number of carbonyl (C=O) groups excluding carboxylic acids is 1. The number of furan rings is 1. The summed E-state index contributed by atoms with van der Waals surface area (Å²) >= 11 is 0. The zero-order chi connectivity index (χ0) is 16.9. The lowest BCUT2D eigenvalue weighted by atomic mass is 10.2. The predicted octanol–water partition coefficient (Wildman–Crippen LogP) is 3.42. The van der Waals surface area contributed by atoms with Gasteiger partial charge in [-0.15, -0.1) is 0 Å². The smallest absolute Gasteiger partial charge is 0.254 e. The first-order valence-corrected chi connectivity index (χ1v) is 8.27. The Labute approximate surface area is 142 Å². The molecule has 5 nitrogen and oxygen atoms in total. The lowest BCUT2D eigenvalue weighted by molar-refractivity contribution is 0.0679. The van der Waals surface area contributed by atoms with Crippen LogP contribution in [0.25, 0.3) is 0 Å². The normalized spacial score (nSPS) is 17.0. The van der Waals surface area contributed by atoms with Crippen molar-refractivity contribution in [2.45, 2.75) is 32.4 Å². The highest BCUT2D eigenvalue weighted by atomic mass is 16.5. The summed E-state index contributed by atoms with van der Waals surface area (Å²) in [6.07, 6.45) is 2.34. The van der Waals surface area contributed by atoms with E-state index in [-0.39, 0.29) is 12.0 Å². The minimum Gasteiger partial charge on any atom is -0.491 e. The molecule has 0 N–H and O–H groups in total. The molecule has 1 aliphatic rings. The molecule has 2 aromatic rings. The maximum atomic E-state index is 12.5. The zero-order valence-corrected chi connectivity index (χ0v) is 14.2. The molecule has 1 unspecified atom stereocenters. The van der Waals surface area contributed by atoms with Crippen molar-refractivity contribution in [1.82, 2.24) is 4.90 Å². The van der Waals surface area contributed by atoms with E-state index >= 15 is 0 Å². The average molecular weight is 329 g/mol. The van der Waals surface area contributed by atoms with Gasteiger partial charge in [-0.2, -0.15) is 0 Å². The molecular weight excluding hydrogens is 306 g/mol. The van der Waals surface area contributed by atoms with Gasteiger partial charge >= 0.3 is 0 Å². The van der Waals surface area contributed by atoms with Crippen LogP contribution < -0.4 is 4.74 Å². The number of ether oxygens (including phenoxy) is 2. The summed E-state index contributed by atoms with van der Waals surface area (Å²) in [4.78, 5) is 14.1. The van der Waals surface area contributed by atoms with Gasteiger partial charge < -0.3 is 18.8 Å². The Hall–Kier alpha value is -2.27. The number of rotatable bonds is 6. The molecule has 0 radical (unpaired) electrons. The Bertz CT molecular complexity index is 671. The molecule has 1 amide bonds. The van der Waals surface area contributed by atoms with Crippen LogP contribution >= 0.6 is 0 Å². The highest BCUT2D eigenvalue weighted by molar-refractivity contribution is 5.94. The first-order chi connectivity index (χ1) is 11.6. The third kappa shape index (κ3) is 4.17. The molecule has 2 heterocycles. The van der Waals surface area contributed by atoms with Gasteiger partial charge in [0, 0.05) is 19.2 Å². The number of hydrogen-bond acceptors (Lipinski definition) is 4. The van der Waals surface area contributed by atoms with E-state index in [1.165, 1.54) is 0 Å². The second-order valence-electron chi connectivity index (χ2n) is 6.14. The number of hydrogen-bond donors (Lipinski definition) is 0. The van der Waals surface area contributed by atoms with Crippen LogP contribution in [0.3, 0.4) is 0 Å². The molecule has 1 aliphatic heterocycles. The lowest BCUT2D eigenvalue weighted by Crippen LogP contribution is -2.25. The van der Waals surface area contributed by atoms with Crippen molar-refractivity contribution in [3.05, 3.63) is 53.5 Å². The molecule has 0 aliphatic carbocycles. The SMILES string of the molecule is Cc1ccc(CN(C)C(=O)c2ccc(OCC3CCCO3)cc2)o1. The van der Waals surface area contributed by atoms with E-state index in [2.05, 4.69) is 0 Å². The molecular formula is C19H23NO4. The van der Waals surface area contributed by atoms with Crippen LogP contribution in [0.1, 0.15) is 34.7 Å². The van der Waals surface area contributed by atoms with E-state index in [9.17, 15) is 4.79 Å². The Morgan fingerprint density at radius 1 is 1.25 bits per heavy atom. The van der Waals surface area contributed by atoms with Gasteiger partial charge in [-0.05, 0) is 56.2 Å². The summed E-state index contributed by atoms with van der Waals surface area (Å²) in [5.74, 6) is 2.33. The van der Waals surface area contributed by atoms with E-state index in [0.29, 0.717) is 18.7 Å². The quantitative estimate of drug-likeness (QED) is 0.815. The molecule has 1 aromatic carbocycles. The second kappa shape index (κ2) is 7.53. The van der Waals surface area contributed by atoms with Crippen molar-refractivity contribution in [2.75, 3.05) is 20.3 Å². The maximum absolute atomic E-state index is 12.5. The topological polar surface area (TPSA) is 51.9 Å². The van der Waals surface area contributed by atoms with Crippen LogP contribution in [0.15, 0.2) is 40.8 Å². The second-order valence-corrected chi connectivity index (χ2v) is 6.14. The van der Waals surface area contributed by atoms with Crippen LogP contribution in [0.5, 0.6) is 5.75 Å². The Balaban J connectivity index is 1.54. The number of benzene rings is 1. The maximum Gasteiger partial charge on any atom is 0.254 e. The van der Waals surface area contributed by atoms with E-state index in [1.54, 1.807) is 24.1 Å². The lowest BCUT2D eigenvalue weighted by Gasteiger charge is -2.16. The first-order valence-electron chi connectivity index (χ1n) is 8.27. The predicted molar refractivity (Wildman–Crippen MR) is 90.2 cm³/mol. The molecule has 24 heavy (non-hydrogen) atoms. The molecule has 3 rings (SSSR count). The molecule has 1 atom stereocenters. The Kier molecular flexibility index (Phi) is 5.20. The van der Waals surface area contributed by atoms with Gasteiger partial charge in [-0.25, -0.2) is 0 Å². The van der Waals surface area contributed by atoms with Gasteiger partial charge in [-0.3, -0.25) is 4.79 Å². The van der Waals surface area contributed by atoms with Gasteiger partial charge in [0.2, 0.25) is 0 Å². The van der Waals surface area contributed by atoms with Crippen molar-refractivity contribution in [1.29, 1.82) is 0 Å². The summed E-state index contributed by atoms with van der Waals surface area (Å²) < 4.78 is 16.8. The van der Waals surface area contributed by atoms with Crippen LogP contribution in [-0.4, -0.2) is 37.2 Å².